The van der Waals surface area contributed by atoms with Crippen LogP contribution in [0.2, 0.25) is 0 Å². The molecule has 6 nitrogen and oxygen atoms in total. The predicted molar refractivity (Wildman–Crippen MR) is 106 cm³/mol. The number of nitrogens with zero attached hydrogens (tertiary/aromatic N) is 3. The lowest BCUT2D eigenvalue weighted by atomic mass is 10.1. The third kappa shape index (κ3) is 6.08. The van der Waals surface area contributed by atoms with Crippen LogP contribution >= 0.6 is 0 Å². The summed E-state index contributed by atoms with van der Waals surface area (Å²) in [6.07, 6.45) is 3.49. The first kappa shape index (κ1) is 20.4. The average Bonchev–Trinajstić information content (AvgIpc) is 2.73. The second kappa shape index (κ2) is 9.75. The Hall–Kier alpha value is -3.32. The van der Waals surface area contributed by atoms with Gasteiger partial charge in [0.25, 0.3) is 0 Å². The minimum Gasteiger partial charge on any atom is -0.497 e. The van der Waals surface area contributed by atoms with Crippen LogP contribution in [0.3, 0.4) is 0 Å². The summed E-state index contributed by atoms with van der Waals surface area (Å²) in [7, 11) is 1.63. The monoisotopic (exact) mass is 395 g/mol. The van der Waals surface area contributed by atoms with E-state index in [1.807, 2.05) is 24.3 Å². The van der Waals surface area contributed by atoms with E-state index in [9.17, 15) is 9.18 Å². The molecule has 0 amide bonds. The first-order valence-corrected chi connectivity index (χ1v) is 9.17. The van der Waals surface area contributed by atoms with Crippen molar-refractivity contribution in [1.82, 2.24) is 14.9 Å². The van der Waals surface area contributed by atoms with Crippen LogP contribution in [0.1, 0.15) is 27.3 Å². The van der Waals surface area contributed by atoms with E-state index in [0.29, 0.717) is 25.3 Å². The van der Waals surface area contributed by atoms with E-state index in [0.717, 1.165) is 23.3 Å². The standard InChI is InChI=1S/C22H22FN3O3/c1-29-20-4-2-3-17(11-20)14-26(10-9-16-5-7-18(23)8-6-16)15-19-12-25-21(13-24-19)22(27)28/h2-8,11-13H,9-10,14-15H2,1H3,(H,27,28). The van der Waals surface area contributed by atoms with Crippen molar-refractivity contribution in [3.63, 3.8) is 0 Å². The molecule has 0 saturated carbocycles. The molecule has 0 aliphatic carbocycles. The van der Waals surface area contributed by atoms with Gasteiger partial charge in [-0.25, -0.2) is 14.2 Å². The number of halogens is 1. The van der Waals surface area contributed by atoms with Gasteiger partial charge in [0.2, 0.25) is 0 Å². The van der Waals surface area contributed by atoms with Gasteiger partial charge in [-0.1, -0.05) is 24.3 Å². The van der Waals surface area contributed by atoms with Crippen LogP contribution in [0.5, 0.6) is 5.75 Å². The summed E-state index contributed by atoms with van der Waals surface area (Å²) in [5, 5.41) is 8.98. The van der Waals surface area contributed by atoms with E-state index < -0.39 is 5.97 Å². The molecule has 3 rings (SSSR count). The van der Waals surface area contributed by atoms with E-state index in [1.54, 1.807) is 19.2 Å². The molecule has 0 unspecified atom stereocenters. The van der Waals surface area contributed by atoms with E-state index in [4.69, 9.17) is 9.84 Å². The molecule has 1 aromatic heterocycles. The molecule has 0 aliphatic rings. The summed E-state index contributed by atoms with van der Waals surface area (Å²) in [5.41, 5.74) is 2.71. The summed E-state index contributed by atoms with van der Waals surface area (Å²) in [5.74, 6) is -0.573. The predicted octanol–water partition coefficient (Wildman–Crippen LogP) is 3.57. The lowest BCUT2D eigenvalue weighted by molar-refractivity contribution is 0.0690. The second-order valence-corrected chi connectivity index (χ2v) is 6.64. The summed E-state index contributed by atoms with van der Waals surface area (Å²) >= 11 is 0. The number of carboxylic acid groups (broad SMARTS) is 1. The summed E-state index contributed by atoms with van der Waals surface area (Å²) < 4.78 is 18.4. The van der Waals surface area contributed by atoms with E-state index in [2.05, 4.69) is 14.9 Å². The van der Waals surface area contributed by atoms with Gasteiger partial charge in [0.15, 0.2) is 5.69 Å². The van der Waals surface area contributed by atoms with E-state index >= 15 is 0 Å². The van der Waals surface area contributed by atoms with Gasteiger partial charge in [-0.3, -0.25) is 9.88 Å². The highest BCUT2D eigenvalue weighted by atomic mass is 19.1. The molecule has 1 N–H and O–H groups in total. The molecule has 2 aromatic carbocycles. The summed E-state index contributed by atoms with van der Waals surface area (Å²) in [4.78, 5) is 21.3. The smallest absolute Gasteiger partial charge is 0.356 e. The number of hydrogen-bond donors (Lipinski definition) is 1. The number of benzene rings is 2. The lowest BCUT2D eigenvalue weighted by Gasteiger charge is -2.22. The van der Waals surface area contributed by atoms with Gasteiger partial charge in [0.1, 0.15) is 11.6 Å². The fourth-order valence-electron chi connectivity index (χ4n) is 2.96. The minimum absolute atomic E-state index is 0.0839. The van der Waals surface area contributed by atoms with Gasteiger partial charge >= 0.3 is 5.97 Å². The second-order valence-electron chi connectivity index (χ2n) is 6.64. The van der Waals surface area contributed by atoms with Gasteiger partial charge in [-0.05, 0) is 41.8 Å². The zero-order valence-corrected chi connectivity index (χ0v) is 16.1. The molecule has 0 fully saturated rings. The summed E-state index contributed by atoms with van der Waals surface area (Å²) in [6.45, 7) is 1.87. The molecule has 0 spiro atoms. The Balaban J connectivity index is 1.73. The van der Waals surface area contributed by atoms with Crippen molar-refractivity contribution >= 4 is 5.97 Å². The van der Waals surface area contributed by atoms with Crippen LogP contribution in [-0.4, -0.2) is 39.6 Å². The molecule has 3 aromatic rings. The van der Waals surface area contributed by atoms with Crippen molar-refractivity contribution in [2.24, 2.45) is 0 Å². The lowest BCUT2D eigenvalue weighted by Crippen LogP contribution is -2.26. The first-order chi connectivity index (χ1) is 14.0. The number of aromatic nitrogens is 2. The number of rotatable bonds is 9. The Bertz CT molecular complexity index is 946. The van der Waals surface area contributed by atoms with Crippen LogP contribution < -0.4 is 4.74 Å². The quantitative estimate of drug-likeness (QED) is 0.597. The molecule has 0 saturated heterocycles. The molecule has 0 atom stereocenters. The van der Waals surface area contributed by atoms with E-state index in [1.165, 1.54) is 24.5 Å². The van der Waals surface area contributed by atoms with Crippen LogP contribution in [-0.2, 0) is 19.5 Å². The van der Waals surface area contributed by atoms with Crippen molar-refractivity contribution in [2.45, 2.75) is 19.5 Å². The number of methoxy groups -OCH3 is 1. The third-order valence-electron chi connectivity index (χ3n) is 4.48. The Morgan fingerprint density at radius 2 is 1.86 bits per heavy atom. The molecule has 0 bridgehead atoms. The van der Waals surface area contributed by atoms with Gasteiger partial charge in [0.05, 0.1) is 25.2 Å². The minimum atomic E-state index is -1.10. The highest BCUT2D eigenvalue weighted by Gasteiger charge is 2.11. The number of ether oxygens (including phenoxy) is 1. The Kier molecular flexibility index (Phi) is 6.86. The van der Waals surface area contributed by atoms with Crippen LogP contribution in [0, 0.1) is 5.82 Å². The van der Waals surface area contributed by atoms with Gasteiger partial charge in [-0.15, -0.1) is 0 Å². The number of hydrogen-bond acceptors (Lipinski definition) is 5. The average molecular weight is 395 g/mol. The highest BCUT2D eigenvalue weighted by Crippen LogP contribution is 2.16. The largest absolute Gasteiger partial charge is 0.497 e. The number of carbonyl (C=O) groups is 1. The van der Waals surface area contributed by atoms with Gasteiger partial charge < -0.3 is 9.84 Å². The maximum Gasteiger partial charge on any atom is 0.356 e. The van der Waals surface area contributed by atoms with Crippen LogP contribution in [0.25, 0.3) is 0 Å². The molecular weight excluding hydrogens is 373 g/mol. The first-order valence-electron chi connectivity index (χ1n) is 9.17. The third-order valence-corrected chi connectivity index (χ3v) is 4.48. The van der Waals surface area contributed by atoms with E-state index in [-0.39, 0.29) is 11.5 Å². The molecule has 0 radical (unpaired) electrons. The molecule has 0 aliphatic heterocycles. The molecule has 7 heteroatoms. The number of aromatic carboxylic acids is 1. The SMILES string of the molecule is COc1cccc(CN(CCc2ccc(F)cc2)Cc2cnc(C(=O)O)cn2)c1. The molecular formula is C22H22FN3O3. The Labute approximate surface area is 168 Å². The van der Waals surface area contributed by atoms with Crippen molar-refractivity contribution in [2.75, 3.05) is 13.7 Å². The van der Waals surface area contributed by atoms with Crippen LogP contribution in [0.4, 0.5) is 4.39 Å². The number of carboxylic acids is 1. The maximum atomic E-state index is 13.1. The van der Waals surface area contributed by atoms with Crippen molar-refractivity contribution in [3.05, 3.63) is 89.3 Å². The van der Waals surface area contributed by atoms with Gasteiger partial charge in [-0.2, -0.15) is 0 Å². The van der Waals surface area contributed by atoms with Crippen LogP contribution in [0.15, 0.2) is 60.9 Å². The fourth-order valence-corrected chi connectivity index (χ4v) is 2.96. The van der Waals surface area contributed by atoms with Crippen molar-refractivity contribution < 1.29 is 19.0 Å². The van der Waals surface area contributed by atoms with Crippen molar-refractivity contribution in [1.29, 1.82) is 0 Å². The topological polar surface area (TPSA) is 75.5 Å². The fraction of sp³-hybridized carbons (Fsp3) is 0.227. The Morgan fingerprint density at radius 3 is 2.52 bits per heavy atom. The highest BCUT2D eigenvalue weighted by molar-refractivity contribution is 5.84. The zero-order chi connectivity index (χ0) is 20.6. The normalized spacial score (nSPS) is 10.9. The Morgan fingerprint density at radius 1 is 1.07 bits per heavy atom. The summed E-state index contributed by atoms with van der Waals surface area (Å²) in [6, 6.07) is 14.3. The molecule has 29 heavy (non-hydrogen) atoms. The zero-order valence-electron chi connectivity index (χ0n) is 16.1. The van der Waals surface area contributed by atoms with Gasteiger partial charge in [0, 0.05) is 19.6 Å². The van der Waals surface area contributed by atoms with Crippen molar-refractivity contribution in [3.8, 4) is 5.75 Å². The molecule has 1 heterocycles. The molecule has 150 valence electrons. The maximum absolute atomic E-state index is 13.1.